The van der Waals surface area contributed by atoms with Crippen molar-refractivity contribution in [1.82, 2.24) is 19.2 Å². The van der Waals surface area contributed by atoms with Crippen molar-refractivity contribution in [3.8, 4) is 0 Å². The molecule has 3 aromatic rings. The fourth-order valence-corrected chi connectivity index (χ4v) is 3.96. The molecular weight excluding hydrogens is 336 g/mol. The first-order valence-corrected chi connectivity index (χ1v) is 9.45. The first-order chi connectivity index (χ1) is 13.0. The van der Waals surface area contributed by atoms with Crippen LogP contribution in [0.3, 0.4) is 0 Å². The third-order valence-electron chi connectivity index (χ3n) is 5.67. The predicted octanol–water partition coefficient (Wildman–Crippen LogP) is 2.70. The molecule has 0 fully saturated rings. The molecule has 2 aromatic heterocycles. The van der Waals surface area contributed by atoms with Gasteiger partial charge < -0.3 is 9.30 Å². The van der Waals surface area contributed by atoms with E-state index in [0.717, 1.165) is 36.4 Å². The van der Waals surface area contributed by atoms with Gasteiger partial charge in [0.2, 0.25) is 5.91 Å². The molecule has 0 saturated carbocycles. The molecule has 0 saturated heterocycles. The molecule has 0 bridgehead atoms. The first kappa shape index (κ1) is 17.7. The fraction of sp³-hybridized carbons (Fsp3) is 0.364. The van der Waals surface area contributed by atoms with Crippen molar-refractivity contribution in [2.75, 3.05) is 20.6 Å². The summed E-state index contributed by atoms with van der Waals surface area (Å²) >= 11 is 0. The highest BCUT2D eigenvalue weighted by molar-refractivity contribution is 5.78. The predicted molar refractivity (Wildman–Crippen MR) is 107 cm³/mol. The van der Waals surface area contributed by atoms with E-state index in [-0.39, 0.29) is 5.91 Å². The van der Waals surface area contributed by atoms with Gasteiger partial charge in [-0.15, -0.1) is 0 Å². The summed E-state index contributed by atoms with van der Waals surface area (Å²) < 4.78 is 2.02. The van der Waals surface area contributed by atoms with Gasteiger partial charge in [-0.1, -0.05) is 30.3 Å². The molecule has 140 valence electrons. The largest absolute Gasteiger partial charge is 0.344 e. The number of rotatable bonds is 4. The van der Waals surface area contributed by atoms with Gasteiger partial charge in [0.25, 0.3) is 0 Å². The maximum absolute atomic E-state index is 12.8. The molecule has 1 amide bonds. The molecule has 0 unspecified atom stereocenters. The molecule has 1 atom stereocenters. The summed E-state index contributed by atoms with van der Waals surface area (Å²) in [6.07, 6.45) is 5.15. The van der Waals surface area contributed by atoms with Crippen LogP contribution in [-0.4, -0.2) is 51.8 Å². The van der Waals surface area contributed by atoms with Crippen LogP contribution >= 0.6 is 0 Å². The van der Waals surface area contributed by atoms with Gasteiger partial charge in [-0.2, -0.15) is 0 Å². The van der Waals surface area contributed by atoms with E-state index in [1.165, 1.54) is 11.1 Å². The molecule has 5 nitrogen and oxygen atoms in total. The van der Waals surface area contributed by atoms with E-state index >= 15 is 0 Å². The number of benzene rings is 1. The summed E-state index contributed by atoms with van der Waals surface area (Å²) in [4.78, 5) is 21.5. The van der Waals surface area contributed by atoms with Gasteiger partial charge in [-0.25, -0.2) is 4.98 Å². The van der Waals surface area contributed by atoms with Crippen LogP contribution in [0.15, 0.2) is 48.8 Å². The van der Waals surface area contributed by atoms with Crippen LogP contribution in [0.4, 0.5) is 0 Å². The average Bonchev–Trinajstić information content (AvgIpc) is 3.06. The first-order valence-electron chi connectivity index (χ1n) is 9.45. The lowest BCUT2D eigenvalue weighted by molar-refractivity contribution is -0.130. The highest BCUT2D eigenvalue weighted by Gasteiger charge is 2.25. The molecule has 5 heteroatoms. The average molecular weight is 362 g/mol. The molecule has 0 radical (unpaired) electrons. The lowest BCUT2D eigenvalue weighted by Gasteiger charge is -2.36. The number of carbonyl (C=O) groups is 1. The van der Waals surface area contributed by atoms with Crippen molar-refractivity contribution in [3.63, 3.8) is 0 Å². The number of imidazole rings is 1. The van der Waals surface area contributed by atoms with Crippen molar-refractivity contribution >= 4 is 11.6 Å². The Hall–Kier alpha value is -2.66. The Balaban J connectivity index is 1.44. The highest BCUT2D eigenvalue weighted by atomic mass is 16.2. The minimum atomic E-state index is 0.130. The standard InChI is InChI=1S/C22H26N4O/c1-16-7-6-10-26-19(13-23-22(16)26)12-21(27)25(3)15-20-11-17-8-4-5-9-18(17)14-24(20)2/h4-10,13,20H,11-12,14-15H2,1-3H3/t20-/m0/s1. The SMILES string of the molecule is Cc1cccn2c(CC(=O)N(C)C[C@@H]3Cc4ccccc4CN3C)cnc12. The van der Waals surface area contributed by atoms with Crippen molar-refractivity contribution in [2.24, 2.45) is 0 Å². The lowest BCUT2D eigenvalue weighted by Crippen LogP contribution is -2.46. The van der Waals surface area contributed by atoms with E-state index < -0.39 is 0 Å². The second kappa shape index (κ2) is 7.16. The monoisotopic (exact) mass is 362 g/mol. The molecule has 0 spiro atoms. The normalized spacial score (nSPS) is 17.1. The molecule has 4 rings (SSSR count). The quantitative estimate of drug-likeness (QED) is 0.717. The lowest BCUT2D eigenvalue weighted by atomic mass is 9.94. The number of carbonyl (C=O) groups excluding carboxylic acids is 1. The van der Waals surface area contributed by atoms with E-state index in [0.29, 0.717) is 12.5 Å². The molecule has 3 heterocycles. The molecule has 0 N–H and O–H groups in total. The number of hydrogen-bond donors (Lipinski definition) is 0. The fourth-order valence-electron chi connectivity index (χ4n) is 3.96. The van der Waals surface area contributed by atoms with Crippen molar-refractivity contribution in [2.45, 2.75) is 32.4 Å². The Labute approximate surface area is 160 Å². The zero-order chi connectivity index (χ0) is 19.0. The second-order valence-electron chi connectivity index (χ2n) is 7.63. The van der Waals surface area contributed by atoms with Crippen LogP contribution in [-0.2, 0) is 24.2 Å². The zero-order valence-corrected chi connectivity index (χ0v) is 16.2. The molecule has 1 aromatic carbocycles. The van der Waals surface area contributed by atoms with Crippen LogP contribution < -0.4 is 0 Å². The Morgan fingerprint density at radius 2 is 2.00 bits per heavy atom. The number of fused-ring (bicyclic) bond motifs is 2. The van der Waals surface area contributed by atoms with Crippen molar-refractivity contribution in [3.05, 3.63) is 71.2 Å². The minimum Gasteiger partial charge on any atom is -0.344 e. The number of nitrogens with zero attached hydrogens (tertiary/aromatic N) is 4. The number of hydrogen-bond acceptors (Lipinski definition) is 3. The van der Waals surface area contributed by atoms with E-state index in [1.54, 1.807) is 0 Å². The van der Waals surface area contributed by atoms with E-state index in [1.807, 2.05) is 47.8 Å². The summed E-state index contributed by atoms with van der Waals surface area (Å²) in [5.41, 5.74) is 5.77. The van der Waals surface area contributed by atoms with Gasteiger partial charge >= 0.3 is 0 Å². The third-order valence-corrected chi connectivity index (χ3v) is 5.67. The maximum Gasteiger partial charge on any atom is 0.228 e. The second-order valence-corrected chi connectivity index (χ2v) is 7.63. The van der Waals surface area contributed by atoms with Crippen LogP contribution in [0, 0.1) is 6.92 Å². The summed E-state index contributed by atoms with van der Waals surface area (Å²) in [6, 6.07) is 13.0. The summed E-state index contributed by atoms with van der Waals surface area (Å²) in [6.45, 7) is 3.71. The Bertz CT molecular complexity index is 977. The van der Waals surface area contributed by atoms with Crippen LogP contribution in [0.2, 0.25) is 0 Å². The molecule has 0 aliphatic carbocycles. The Morgan fingerprint density at radius 1 is 1.22 bits per heavy atom. The van der Waals surface area contributed by atoms with Crippen LogP contribution in [0.5, 0.6) is 0 Å². The van der Waals surface area contributed by atoms with Crippen molar-refractivity contribution < 1.29 is 4.79 Å². The van der Waals surface area contributed by atoms with Gasteiger partial charge in [-0.3, -0.25) is 9.69 Å². The number of likely N-dealkylation sites (N-methyl/N-ethyl adjacent to an activating group) is 2. The van der Waals surface area contributed by atoms with Crippen LogP contribution in [0.1, 0.15) is 22.4 Å². The number of amides is 1. The van der Waals surface area contributed by atoms with Crippen molar-refractivity contribution in [1.29, 1.82) is 0 Å². The Kier molecular flexibility index (Phi) is 4.70. The topological polar surface area (TPSA) is 40.9 Å². The van der Waals surface area contributed by atoms with E-state index in [2.05, 4.69) is 41.2 Å². The summed E-state index contributed by atoms with van der Waals surface area (Å²) in [7, 11) is 4.05. The number of aromatic nitrogens is 2. The maximum atomic E-state index is 12.8. The Morgan fingerprint density at radius 3 is 2.81 bits per heavy atom. The van der Waals surface area contributed by atoms with E-state index in [4.69, 9.17) is 0 Å². The van der Waals surface area contributed by atoms with Gasteiger partial charge in [0.05, 0.1) is 12.1 Å². The van der Waals surface area contributed by atoms with Gasteiger partial charge in [0.1, 0.15) is 5.65 Å². The zero-order valence-electron chi connectivity index (χ0n) is 16.2. The number of pyridine rings is 1. The van der Waals surface area contributed by atoms with Gasteiger partial charge in [0.15, 0.2) is 0 Å². The minimum absolute atomic E-state index is 0.130. The van der Waals surface area contributed by atoms with E-state index in [9.17, 15) is 4.79 Å². The summed E-state index contributed by atoms with van der Waals surface area (Å²) in [5.74, 6) is 0.130. The molecule has 1 aliphatic rings. The third kappa shape index (κ3) is 3.47. The van der Waals surface area contributed by atoms with Crippen LogP contribution in [0.25, 0.3) is 5.65 Å². The highest BCUT2D eigenvalue weighted by Crippen LogP contribution is 2.22. The van der Waals surface area contributed by atoms with Gasteiger partial charge in [-0.05, 0) is 43.1 Å². The molecular formula is C22H26N4O. The molecule has 27 heavy (non-hydrogen) atoms. The summed E-state index contributed by atoms with van der Waals surface area (Å²) in [5, 5.41) is 0. The van der Waals surface area contributed by atoms with Gasteiger partial charge in [0, 0.05) is 38.6 Å². The molecule has 1 aliphatic heterocycles. The smallest absolute Gasteiger partial charge is 0.228 e. The number of aryl methyl sites for hydroxylation is 1.